The Balaban J connectivity index is 2.02. The number of nitrogens with zero attached hydrogens (tertiary/aromatic N) is 1. The molecule has 0 aliphatic carbocycles. The predicted octanol–water partition coefficient (Wildman–Crippen LogP) is 4.29. The minimum atomic E-state index is -0.174. The highest BCUT2D eigenvalue weighted by Gasteiger charge is 2.18. The first kappa shape index (κ1) is 19.9. The van der Waals surface area contributed by atoms with Crippen LogP contribution in [0, 0.1) is 0 Å². The number of rotatable bonds is 8. The average molecular weight is 378 g/mol. The number of methoxy groups -OCH3 is 1. The fraction of sp³-hybridized carbons (Fsp3) is 0.350. The van der Waals surface area contributed by atoms with Crippen molar-refractivity contribution < 1.29 is 19.0 Å². The highest BCUT2D eigenvalue weighted by atomic mass is 35.5. The summed E-state index contributed by atoms with van der Waals surface area (Å²) in [5.74, 6) is 1.64. The Kier molecular flexibility index (Phi) is 7.16. The Hall–Kier alpha value is -2.40. The van der Waals surface area contributed by atoms with E-state index in [0.29, 0.717) is 41.0 Å². The number of likely N-dealkylation sites (N-methyl/N-ethyl adjacent to an activating group) is 1. The first-order chi connectivity index (χ1) is 12.4. The van der Waals surface area contributed by atoms with Crippen molar-refractivity contribution in [3.05, 3.63) is 53.1 Å². The van der Waals surface area contributed by atoms with Crippen molar-refractivity contribution in [1.29, 1.82) is 0 Å². The molecule has 0 unspecified atom stereocenters. The molecule has 0 spiro atoms. The molecule has 5 nitrogen and oxygen atoms in total. The molecule has 0 bridgehead atoms. The first-order valence-electron chi connectivity index (χ1n) is 8.40. The molecule has 0 N–H and O–H groups in total. The van der Waals surface area contributed by atoms with Crippen molar-refractivity contribution in [2.24, 2.45) is 0 Å². The van der Waals surface area contributed by atoms with E-state index < -0.39 is 0 Å². The highest BCUT2D eigenvalue weighted by molar-refractivity contribution is 6.31. The van der Waals surface area contributed by atoms with Crippen LogP contribution in [-0.4, -0.2) is 44.2 Å². The summed E-state index contributed by atoms with van der Waals surface area (Å²) < 4.78 is 16.7. The molecule has 0 aliphatic rings. The summed E-state index contributed by atoms with van der Waals surface area (Å²) in [6, 6.07) is 12.4. The summed E-state index contributed by atoms with van der Waals surface area (Å²) in [5, 5.41) is 0.489. The van der Waals surface area contributed by atoms with Crippen LogP contribution in [-0.2, 0) is 0 Å². The number of ether oxygens (including phenoxy) is 3. The lowest BCUT2D eigenvalue weighted by molar-refractivity contribution is 0.0767. The molecular formula is C20H24ClNO4. The van der Waals surface area contributed by atoms with Crippen LogP contribution in [0.1, 0.15) is 24.2 Å². The van der Waals surface area contributed by atoms with Crippen LogP contribution >= 0.6 is 11.6 Å². The molecule has 0 saturated carbocycles. The van der Waals surface area contributed by atoms with Gasteiger partial charge in [-0.3, -0.25) is 4.79 Å². The predicted molar refractivity (Wildman–Crippen MR) is 103 cm³/mol. The Morgan fingerprint density at radius 1 is 1.12 bits per heavy atom. The van der Waals surface area contributed by atoms with Gasteiger partial charge in [-0.1, -0.05) is 23.7 Å². The molecule has 0 radical (unpaired) electrons. The van der Waals surface area contributed by atoms with E-state index in [1.807, 2.05) is 38.1 Å². The van der Waals surface area contributed by atoms with Crippen molar-refractivity contribution in [3.8, 4) is 17.2 Å². The van der Waals surface area contributed by atoms with E-state index in [-0.39, 0.29) is 12.0 Å². The fourth-order valence-corrected chi connectivity index (χ4v) is 2.54. The number of para-hydroxylation sites is 2. The second-order valence-corrected chi connectivity index (χ2v) is 6.47. The van der Waals surface area contributed by atoms with Crippen LogP contribution in [0.4, 0.5) is 0 Å². The molecule has 0 atom stereocenters. The Morgan fingerprint density at radius 2 is 1.81 bits per heavy atom. The van der Waals surface area contributed by atoms with E-state index in [2.05, 4.69) is 0 Å². The van der Waals surface area contributed by atoms with Crippen molar-refractivity contribution in [3.63, 3.8) is 0 Å². The van der Waals surface area contributed by atoms with Gasteiger partial charge >= 0.3 is 0 Å². The van der Waals surface area contributed by atoms with E-state index in [1.165, 1.54) is 0 Å². The number of carbonyl (C=O) groups excluding carboxylic acids is 1. The normalized spacial score (nSPS) is 10.5. The Morgan fingerprint density at radius 3 is 2.46 bits per heavy atom. The number of hydrogen-bond donors (Lipinski definition) is 0. The second kappa shape index (κ2) is 9.34. The van der Waals surface area contributed by atoms with E-state index >= 15 is 0 Å². The standard InChI is InChI=1S/C20H24ClNO4/c1-14(2)26-17-10-9-15(21)13-16(17)20(23)22(3)11-12-25-19-8-6-5-7-18(19)24-4/h5-10,13-14H,11-12H2,1-4H3. The molecule has 0 saturated heterocycles. The van der Waals surface area contributed by atoms with E-state index in [4.69, 9.17) is 25.8 Å². The molecule has 0 heterocycles. The van der Waals surface area contributed by atoms with Gasteiger partial charge in [0.1, 0.15) is 12.4 Å². The lowest BCUT2D eigenvalue weighted by atomic mass is 10.1. The van der Waals surface area contributed by atoms with Gasteiger partial charge in [0.25, 0.3) is 5.91 Å². The third-order valence-corrected chi connectivity index (χ3v) is 3.87. The van der Waals surface area contributed by atoms with Crippen LogP contribution in [0.3, 0.4) is 0 Å². The van der Waals surface area contributed by atoms with Gasteiger partial charge in [-0.2, -0.15) is 0 Å². The maximum absolute atomic E-state index is 12.8. The van der Waals surface area contributed by atoms with Gasteiger partial charge < -0.3 is 19.1 Å². The van der Waals surface area contributed by atoms with Crippen molar-refractivity contribution in [2.45, 2.75) is 20.0 Å². The van der Waals surface area contributed by atoms with Gasteiger partial charge in [-0.15, -0.1) is 0 Å². The smallest absolute Gasteiger partial charge is 0.257 e. The minimum absolute atomic E-state index is 0.0399. The SMILES string of the molecule is COc1ccccc1OCCN(C)C(=O)c1cc(Cl)ccc1OC(C)C. The summed E-state index contributed by atoms with van der Waals surface area (Å²) >= 11 is 6.06. The lowest BCUT2D eigenvalue weighted by Crippen LogP contribution is -2.31. The zero-order valence-corrected chi connectivity index (χ0v) is 16.2. The third-order valence-electron chi connectivity index (χ3n) is 3.63. The summed E-state index contributed by atoms with van der Waals surface area (Å²) in [5.41, 5.74) is 0.436. The summed E-state index contributed by atoms with van der Waals surface area (Å²) in [6.07, 6.45) is -0.0399. The quantitative estimate of drug-likeness (QED) is 0.688. The number of carbonyl (C=O) groups is 1. The molecule has 1 amide bonds. The summed E-state index contributed by atoms with van der Waals surface area (Å²) in [4.78, 5) is 14.3. The highest BCUT2D eigenvalue weighted by Crippen LogP contribution is 2.27. The molecule has 2 aromatic rings. The third kappa shape index (κ3) is 5.30. The van der Waals surface area contributed by atoms with Crippen LogP contribution in [0.2, 0.25) is 5.02 Å². The number of hydrogen-bond acceptors (Lipinski definition) is 4. The van der Waals surface area contributed by atoms with E-state index in [1.54, 1.807) is 37.3 Å². The van der Waals surface area contributed by atoms with Crippen LogP contribution < -0.4 is 14.2 Å². The molecule has 26 heavy (non-hydrogen) atoms. The van der Waals surface area contributed by atoms with E-state index in [9.17, 15) is 4.79 Å². The molecule has 2 rings (SSSR count). The largest absolute Gasteiger partial charge is 0.493 e. The van der Waals surface area contributed by atoms with Gasteiger partial charge in [0.05, 0.1) is 25.3 Å². The molecule has 0 aliphatic heterocycles. The van der Waals surface area contributed by atoms with Gasteiger partial charge in [0, 0.05) is 12.1 Å². The first-order valence-corrected chi connectivity index (χ1v) is 8.77. The molecule has 2 aromatic carbocycles. The van der Waals surface area contributed by atoms with Crippen molar-refractivity contribution in [2.75, 3.05) is 27.3 Å². The zero-order valence-electron chi connectivity index (χ0n) is 15.5. The molecule has 6 heteroatoms. The van der Waals surface area contributed by atoms with Crippen LogP contribution in [0.15, 0.2) is 42.5 Å². The molecule has 0 aromatic heterocycles. The number of benzene rings is 2. The fourth-order valence-electron chi connectivity index (χ4n) is 2.36. The van der Waals surface area contributed by atoms with Crippen molar-refractivity contribution in [1.82, 2.24) is 4.90 Å². The van der Waals surface area contributed by atoms with Gasteiger partial charge in [0.15, 0.2) is 11.5 Å². The molecule has 0 fully saturated rings. The van der Waals surface area contributed by atoms with Gasteiger partial charge in [-0.05, 0) is 44.2 Å². The Bertz CT molecular complexity index is 748. The van der Waals surface area contributed by atoms with Gasteiger partial charge in [-0.25, -0.2) is 0 Å². The van der Waals surface area contributed by atoms with Crippen LogP contribution in [0.5, 0.6) is 17.2 Å². The maximum Gasteiger partial charge on any atom is 0.257 e. The van der Waals surface area contributed by atoms with Gasteiger partial charge in [0.2, 0.25) is 0 Å². The molecular weight excluding hydrogens is 354 g/mol. The van der Waals surface area contributed by atoms with Crippen LogP contribution in [0.25, 0.3) is 0 Å². The lowest BCUT2D eigenvalue weighted by Gasteiger charge is -2.21. The minimum Gasteiger partial charge on any atom is -0.493 e. The number of halogens is 1. The summed E-state index contributed by atoms with van der Waals surface area (Å²) in [7, 11) is 3.31. The maximum atomic E-state index is 12.8. The zero-order chi connectivity index (χ0) is 19.1. The van der Waals surface area contributed by atoms with E-state index in [0.717, 1.165) is 0 Å². The number of amides is 1. The Labute approximate surface area is 159 Å². The topological polar surface area (TPSA) is 48.0 Å². The summed E-state index contributed by atoms with van der Waals surface area (Å²) in [6.45, 7) is 4.56. The monoisotopic (exact) mass is 377 g/mol. The molecule has 140 valence electrons. The second-order valence-electron chi connectivity index (χ2n) is 6.03. The van der Waals surface area contributed by atoms with Crippen molar-refractivity contribution >= 4 is 17.5 Å². The average Bonchev–Trinajstić information content (AvgIpc) is 2.62.